The van der Waals surface area contributed by atoms with E-state index in [-0.39, 0.29) is 21.9 Å². The fourth-order valence-corrected chi connectivity index (χ4v) is 2.99. The van der Waals surface area contributed by atoms with Crippen molar-refractivity contribution >= 4 is 21.8 Å². The number of alkyl halides is 3. The van der Waals surface area contributed by atoms with Crippen molar-refractivity contribution in [3.05, 3.63) is 29.8 Å². The van der Waals surface area contributed by atoms with E-state index in [4.69, 9.17) is 0 Å². The second kappa shape index (κ2) is 7.73. The first kappa shape index (κ1) is 17.9. The van der Waals surface area contributed by atoms with Crippen molar-refractivity contribution in [2.75, 3.05) is 6.54 Å². The maximum atomic E-state index is 12.1. The lowest BCUT2D eigenvalue weighted by Gasteiger charge is -2.22. The normalized spacial score (nSPS) is 13.1. The van der Waals surface area contributed by atoms with Crippen LogP contribution in [0.4, 0.5) is 8.78 Å². The molecule has 21 heavy (non-hydrogen) atoms. The summed E-state index contributed by atoms with van der Waals surface area (Å²) in [6.07, 6.45) is 0.905. The molecule has 0 aromatic heterocycles. The number of rotatable bonds is 6. The first-order valence-corrected chi connectivity index (χ1v) is 7.56. The maximum Gasteiger partial charge on any atom is 0.387 e. The fraction of sp³-hybridized carbons (Fsp3) is 0.533. The molecule has 0 saturated carbocycles. The van der Waals surface area contributed by atoms with E-state index in [1.807, 2.05) is 0 Å². The number of nitrogens with one attached hydrogen (secondary N) is 1. The summed E-state index contributed by atoms with van der Waals surface area (Å²) >= 11 is 3.52. The molecule has 1 amide bonds. The molecule has 0 fully saturated rings. The van der Waals surface area contributed by atoms with Crippen molar-refractivity contribution in [1.29, 1.82) is 0 Å². The highest BCUT2D eigenvalue weighted by Crippen LogP contribution is 2.24. The molecule has 0 radical (unpaired) electrons. The summed E-state index contributed by atoms with van der Waals surface area (Å²) in [5.74, 6) is -0.337. The van der Waals surface area contributed by atoms with E-state index < -0.39 is 6.61 Å². The predicted molar refractivity (Wildman–Crippen MR) is 82.2 cm³/mol. The van der Waals surface area contributed by atoms with E-state index in [0.29, 0.717) is 12.1 Å². The molecule has 0 saturated heterocycles. The van der Waals surface area contributed by atoms with Crippen LogP contribution in [0.15, 0.2) is 24.3 Å². The van der Waals surface area contributed by atoms with Crippen molar-refractivity contribution < 1.29 is 18.3 Å². The van der Waals surface area contributed by atoms with E-state index in [9.17, 15) is 13.6 Å². The highest BCUT2D eigenvalue weighted by molar-refractivity contribution is 9.09. The highest BCUT2D eigenvalue weighted by Gasteiger charge is 2.17. The van der Waals surface area contributed by atoms with E-state index >= 15 is 0 Å². The van der Waals surface area contributed by atoms with Gasteiger partial charge in [-0.15, -0.1) is 0 Å². The summed E-state index contributed by atoms with van der Waals surface area (Å²) in [7, 11) is 0. The van der Waals surface area contributed by atoms with Crippen LogP contribution in [0.3, 0.4) is 0 Å². The fourth-order valence-electron chi connectivity index (χ4n) is 1.86. The Bertz CT molecular complexity index is 475. The Labute approximate surface area is 132 Å². The standard InChI is InChI=1S/C15H20BrF2NO2/c1-15(2,3)8-11(16)9-19-13(20)10-5-4-6-12(7-10)21-14(17)18/h4-7,11,14H,8-9H2,1-3H3,(H,19,20). The number of ether oxygens (including phenoxy) is 1. The first-order valence-electron chi connectivity index (χ1n) is 6.64. The topological polar surface area (TPSA) is 38.3 Å². The van der Waals surface area contributed by atoms with Gasteiger partial charge in [-0.25, -0.2) is 0 Å². The Morgan fingerprint density at radius 3 is 2.62 bits per heavy atom. The van der Waals surface area contributed by atoms with Gasteiger partial charge in [-0.3, -0.25) is 4.79 Å². The smallest absolute Gasteiger partial charge is 0.387 e. The summed E-state index contributed by atoms with van der Waals surface area (Å²) in [4.78, 5) is 12.1. The third-order valence-electron chi connectivity index (χ3n) is 2.64. The molecule has 0 aliphatic carbocycles. The number of carbonyl (C=O) groups is 1. The van der Waals surface area contributed by atoms with E-state index in [1.165, 1.54) is 18.2 Å². The average molecular weight is 364 g/mol. The Morgan fingerprint density at radius 2 is 2.05 bits per heavy atom. The molecule has 0 bridgehead atoms. The zero-order chi connectivity index (χ0) is 16.0. The summed E-state index contributed by atoms with van der Waals surface area (Å²) < 4.78 is 28.5. The lowest BCUT2D eigenvalue weighted by atomic mass is 9.90. The number of carbonyl (C=O) groups excluding carboxylic acids is 1. The molecule has 0 aliphatic rings. The van der Waals surface area contributed by atoms with Crippen molar-refractivity contribution in [3.63, 3.8) is 0 Å². The molecule has 6 heteroatoms. The van der Waals surface area contributed by atoms with E-state index in [1.54, 1.807) is 6.07 Å². The van der Waals surface area contributed by atoms with Crippen LogP contribution in [0.2, 0.25) is 0 Å². The molecule has 0 spiro atoms. The lowest BCUT2D eigenvalue weighted by molar-refractivity contribution is -0.0498. The van der Waals surface area contributed by atoms with Crippen molar-refractivity contribution in [3.8, 4) is 5.75 Å². The van der Waals surface area contributed by atoms with Crippen LogP contribution >= 0.6 is 15.9 Å². The van der Waals surface area contributed by atoms with Gasteiger partial charge in [0.05, 0.1) is 0 Å². The van der Waals surface area contributed by atoms with Gasteiger partial charge < -0.3 is 10.1 Å². The summed E-state index contributed by atoms with van der Waals surface area (Å²) in [5.41, 5.74) is 0.452. The zero-order valence-electron chi connectivity index (χ0n) is 12.3. The van der Waals surface area contributed by atoms with Crippen LogP contribution < -0.4 is 10.1 Å². The van der Waals surface area contributed by atoms with Crippen LogP contribution in [0.1, 0.15) is 37.6 Å². The largest absolute Gasteiger partial charge is 0.435 e. The van der Waals surface area contributed by atoms with Crippen LogP contribution in [0.25, 0.3) is 0 Å². The molecule has 3 nitrogen and oxygen atoms in total. The number of halogens is 3. The Balaban J connectivity index is 2.56. The summed E-state index contributed by atoms with van der Waals surface area (Å²) in [6, 6.07) is 5.75. The molecule has 0 aliphatic heterocycles. The van der Waals surface area contributed by atoms with Crippen molar-refractivity contribution in [2.24, 2.45) is 5.41 Å². The first-order chi connectivity index (χ1) is 9.67. The van der Waals surface area contributed by atoms with Crippen molar-refractivity contribution in [1.82, 2.24) is 5.32 Å². The molecule has 1 N–H and O–H groups in total. The van der Waals surface area contributed by atoms with Crippen LogP contribution in [0, 0.1) is 5.41 Å². The third kappa shape index (κ3) is 7.41. The monoisotopic (exact) mass is 363 g/mol. The molecule has 1 unspecified atom stereocenters. The molecule has 1 rings (SSSR count). The Hall–Kier alpha value is -1.17. The maximum absolute atomic E-state index is 12.1. The second-order valence-corrected chi connectivity index (χ2v) is 7.27. The number of hydrogen-bond donors (Lipinski definition) is 1. The molecule has 118 valence electrons. The molecular weight excluding hydrogens is 344 g/mol. The number of benzene rings is 1. The SMILES string of the molecule is CC(C)(C)CC(Br)CNC(=O)c1cccc(OC(F)F)c1. The number of amides is 1. The second-order valence-electron chi connectivity index (χ2n) is 5.98. The van der Waals surface area contributed by atoms with Gasteiger partial charge in [0.15, 0.2) is 0 Å². The summed E-state index contributed by atoms with van der Waals surface area (Å²) in [5, 5.41) is 2.77. The summed E-state index contributed by atoms with van der Waals surface area (Å²) in [6.45, 7) is 3.93. The minimum absolute atomic E-state index is 0.0252. The van der Waals surface area contributed by atoms with Gasteiger partial charge in [-0.2, -0.15) is 8.78 Å². The van der Waals surface area contributed by atoms with Crippen molar-refractivity contribution in [2.45, 2.75) is 38.6 Å². The van der Waals surface area contributed by atoms with Crippen LogP contribution in [0.5, 0.6) is 5.75 Å². The van der Waals surface area contributed by atoms with E-state index in [2.05, 4.69) is 46.8 Å². The van der Waals surface area contributed by atoms with Crippen LogP contribution in [-0.4, -0.2) is 23.9 Å². The highest BCUT2D eigenvalue weighted by atomic mass is 79.9. The predicted octanol–water partition coefficient (Wildman–Crippen LogP) is 4.22. The van der Waals surface area contributed by atoms with Gasteiger partial charge in [0.1, 0.15) is 5.75 Å². The quantitative estimate of drug-likeness (QED) is 0.768. The molecular formula is C15H20BrF2NO2. The van der Waals surface area contributed by atoms with Gasteiger partial charge >= 0.3 is 6.61 Å². The average Bonchev–Trinajstić information content (AvgIpc) is 2.33. The molecule has 1 atom stereocenters. The molecule has 0 heterocycles. The van der Waals surface area contributed by atoms with E-state index in [0.717, 1.165) is 6.42 Å². The zero-order valence-corrected chi connectivity index (χ0v) is 13.9. The van der Waals surface area contributed by atoms with Gasteiger partial charge in [0, 0.05) is 16.9 Å². The lowest BCUT2D eigenvalue weighted by Crippen LogP contribution is -2.31. The minimum Gasteiger partial charge on any atom is -0.435 e. The number of hydrogen-bond acceptors (Lipinski definition) is 2. The Morgan fingerprint density at radius 1 is 1.38 bits per heavy atom. The van der Waals surface area contributed by atoms with Crippen LogP contribution in [-0.2, 0) is 0 Å². The van der Waals surface area contributed by atoms with Gasteiger partial charge in [-0.05, 0) is 30.0 Å². The van der Waals surface area contributed by atoms with Gasteiger partial charge in [0.2, 0.25) is 0 Å². The minimum atomic E-state index is -2.90. The third-order valence-corrected chi connectivity index (χ3v) is 3.29. The Kier molecular flexibility index (Phi) is 6.58. The molecule has 1 aromatic rings. The van der Waals surface area contributed by atoms with Gasteiger partial charge in [0.25, 0.3) is 5.91 Å². The van der Waals surface area contributed by atoms with Gasteiger partial charge in [-0.1, -0.05) is 42.8 Å². The molecule has 1 aromatic carbocycles.